The third kappa shape index (κ3) is 5.10. The van der Waals surface area contributed by atoms with E-state index in [1.54, 1.807) is 0 Å². The van der Waals surface area contributed by atoms with Crippen molar-refractivity contribution in [1.82, 2.24) is 0 Å². The summed E-state index contributed by atoms with van der Waals surface area (Å²) in [6, 6.07) is 21.4. The molecule has 0 bridgehead atoms. The molecule has 0 radical (unpaired) electrons. The fourth-order valence-electron chi connectivity index (χ4n) is 2.55. The zero-order chi connectivity index (χ0) is 15.0. The van der Waals surface area contributed by atoms with Crippen molar-refractivity contribution in [2.75, 3.05) is 5.33 Å². The normalized spacial score (nSPS) is 11.7. The molecule has 2 rings (SSSR count). The van der Waals surface area contributed by atoms with E-state index in [4.69, 9.17) is 4.43 Å². The summed E-state index contributed by atoms with van der Waals surface area (Å²) in [6.07, 6.45) is 4.28. The lowest BCUT2D eigenvalue weighted by Crippen LogP contribution is -2.35. The number of hydrogen-bond acceptors (Lipinski definition) is 1. The summed E-state index contributed by atoms with van der Waals surface area (Å²) in [7, 11) is 0.779. The predicted octanol–water partition coefficient (Wildman–Crippen LogP) is 3.68. The average Bonchev–Trinajstić information content (AvgIpc) is 2.58. The molecule has 1 nitrogen and oxygen atoms in total. The Bertz CT molecular complexity index is 466. The molecular weight excluding hydrogens is 340 g/mol. The molecule has 0 atom stereocenters. The second-order valence-corrected chi connectivity index (χ2v) is 6.46. The van der Waals surface area contributed by atoms with Gasteiger partial charge in [0, 0.05) is 5.33 Å². The molecular formula is C18H23BrOSi. The molecule has 21 heavy (non-hydrogen) atoms. The van der Waals surface area contributed by atoms with Crippen LogP contribution in [0.5, 0.6) is 0 Å². The van der Waals surface area contributed by atoms with Gasteiger partial charge in [-0.1, -0.05) is 76.6 Å². The maximum absolute atomic E-state index is 6.02. The van der Waals surface area contributed by atoms with Crippen LogP contribution in [0, 0.1) is 0 Å². The molecule has 0 unspecified atom stereocenters. The molecule has 0 fully saturated rings. The summed E-state index contributed by atoms with van der Waals surface area (Å²) >= 11 is 3.68. The quantitative estimate of drug-likeness (QED) is 0.514. The largest absolute Gasteiger partial charge is 0.422 e. The SMILES string of the molecule is [SiH3]OC(CBr)(CCc1ccccc1)CCc1ccccc1. The Kier molecular flexibility index (Phi) is 6.68. The standard InChI is InChI=1S/C18H23BrOSi/c19-15-18(20-21,13-11-16-7-3-1-4-8-16)14-12-17-9-5-2-6-10-17/h1-10H,11-15H2,21H3. The third-order valence-electron chi connectivity index (χ3n) is 4.10. The van der Waals surface area contributed by atoms with Crippen molar-refractivity contribution in [2.45, 2.75) is 31.3 Å². The molecule has 0 N–H and O–H groups in total. The molecule has 0 saturated heterocycles. The van der Waals surface area contributed by atoms with E-state index in [2.05, 4.69) is 76.6 Å². The summed E-state index contributed by atoms with van der Waals surface area (Å²) < 4.78 is 6.02. The number of rotatable bonds is 8. The van der Waals surface area contributed by atoms with Gasteiger partial charge >= 0.3 is 0 Å². The van der Waals surface area contributed by atoms with Crippen LogP contribution in [0.3, 0.4) is 0 Å². The van der Waals surface area contributed by atoms with Gasteiger partial charge in [-0.2, -0.15) is 0 Å². The van der Waals surface area contributed by atoms with Gasteiger partial charge in [-0.25, -0.2) is 0 Å². The van der Waals surface area contributed by atoms with Gasteiger partial charge in [0.1, 0.15) is 10.5 Å². The first-order valence-electron chi connectivity index (χ1n) is 7.47. The van der Waals surface area contributed by atoms with Gasteiger partial charge in [0.05, 0.1) is 5.60 Å². The molecule has 0 saturated carbocycles. The van der Waals surface area contributed by atoms with E-state index >= 15 is 0 Å². The number of halogens is 1. The van der Waals surface area contributed by atoms with Gasteiger partial charge < -0.3 is 4.43 Å². The number of hydrogen-bond donors (Lipinski definition) is 0. The lowest BCUT2D eigenvalue weighted by Gasteiger charge is -2.32. The first-order valence-corrected chi connectivity index (χ1v) is 9.41. The van der Waals surface area contributed by atoms with Crippen molar-refractivity contribution < 1.29 is 4.43 Å². The van der Waals surface area contributed by atoms with Crippen LogP contribution >= 0.6 is 15.9 Å². The highest BCUT2D eigenvalue weighted by Gasteiger charge is 2.27. The molecule has 0 amide bonds. The van der Waals surface area contributed by atoms with Crippen molar-refractivity contribution in [1.29, 1.82) is 0 Å². The molecule has 0 aromatic heterocycles. The number of benzene rings is 2. The topological polar surface area (TPSA) is 9.23 Å². The summed E-state index contributed by atoms with van der Waals surface area (Å²) in [6.45, 7) is 0. The van der Waals surface area contributed by atoms with Crippen molar-refractivity contribution >= 4 is 26.4 Å². The lowest BCUT2D eigenvalue weighted by molar-refractivity contribution is 0.0881. The Morgan fingerprint density at radius 2 is 1.24 bits per heavy atom. The highest BCUT2D eigenvalue weighted by Crippen LogP contribution is 2.26. The van der Waals surface area contributed by atoms with Gasteiger partial charge in [0.15, 0.2) is 0 Å². The minimum atomic E-state index is -0.0299. The van der Waals surface area contributed by atoms with Crippen molar-refractivity contribution in [3.63, 3.8) is 0 Å². The Balaban J connectivity index is 1.95. The Labute approximate surface area is 139 Å². The monoisotopic (exact) mass is 362 g/mol. The first kappa shape index (κ1) is 16.5. The maximum atomic E-state index is 6.02. The summed E-state index contributed by atoms with van der Waals surface area (Å²) in [4.78, 5) is 0. The summed E-state index contributed by atoms with van der Waals surface area (Å²) in [5, 5.41) is 0.906. The number of alkyl halides is 1. The molecule has 0 spiro atoms. The molecule has 2 aromatic rings. The maximum Gasteiger partial charge on any atom is 0.146 e. The van der Waals surface area contributed by atoms with Crippen LogP contribution in [-0.4, -0.2) is 21.4 Å². The highest BCUT2D eigenvalue weighted by molar-refractivity contribution is 9.09. The Morgan fingerprint density at radius 1 is 0.810 bits per heavy atom. The molecule has 0 aliphatic heterocycles. The van der Waals surface area contributed by atoms with Crippen molar-refractivity contribution in [3.8, 4) is 0 Å². The van der Waals surface area contributed by atoms with Crippen LogP contribution in [0.1, 0.15) is 24.0 Å². The third-order valence-corrected chi connectivity index (χ3v) is 5.99. The van der Waals surface area contributed by atoms with E-state index in [0.717, 1.165) is 41.5 Å². The fraction of sp³-hybridized carbons (Fsp3) is 0.333. The fourth-order valence-corrected chi connectivity index (χ4v) is 4.32. The second kappa shape index (κ2) is 8.52. The van der Waals surface area contributed by atoms with E-state index in [1.165, 1.54) is 11.1 Å². The van der Waals surface area contributed by atoms with Crippen LogP contribution in [0.4, 0.5) is 0 Å². The predicted molar refractivity (Wildman–Crippen MR) is 97.1 cm³/mol. The molecule has 3 heteroatoms. The van der Waals surface area contributed by atoms with Gasteiger partial charge in [-0.05, 0) is 36.8 Å². The second-order valence-electron chi connectivity index (χ2n) is 5.49. The zero-order valence-electron chi connectivity index (χ0n) is 12.6. The minimum Gasteiger partial charge on any atom is -0.422 e. The van der Waals surface area contributed by atoms with Gasteiger partial charge in [-0.3, -0.25) is 0 Å². The lowest BCUT2D eigenvalue weighted by atomic mass is 9.90. The van der Waals surface area contributed by atoms with Crippen LogP contribution in [0.15, 0.2) is 60.7 Å². The zero-order valence-corrected chi connectivity index (χ0v) is 16.2. The van der Waals surface area contributed by atoms with E-state index in [9.17, 15) is 0 Å². The van der Waals surface area contributed by atoms with Crippen LogP contribution in [0.2, 0.25) is 0 Å². The summed E-state index contributed by atoms with van der Waals surface area (Å²) in [5.74, 6) is 0. The highest BCUT2D eigenvalue weighted by atomic mass is 79.9. The van der Waals surface area contributed by atoms with Gasteiger partial charge in [0.25, 0.3) is 0 Å². The average molecular weight is 363 g/mol. The van der Waals surface area contributed by atoms with Crippen molar-refractivity contribution in [2.24, 2.45) is 0 Å². The molecule has 0 aliphatic rings. The van der Waals surface area contributed by atoms with Crippen LogP contribution in [-0.2, 0) is 17.3 Å². The van der Waals surface area contributed by atoms with Crippen LogP contribution < -0.4 is 0 Å². The molecule has 2 aromatic carbocycles. The van der Waals surface area contributed by atoms with E-state index in [-0.39, 0.29) is 5.60 Å². The van der Waals surface area contributed by atoms with E-state index in [1.807, 2.05) is 0 Å². The van der Waals surface area contributed by atoms with Gasteiger partial charge in [-0.15, -0.1) is 0 Å². The first-order chi connectivity index (χ1) is 10.3. The van der Waals surface area contributed by atoms with Gasteiger partial charge in [0.2, 0.25) is 0 Å². The van der Waals surface area contributed by atoms with Crippen LogP contribution in [0.25, 0.3) is 0 Å². The minimum absolute atomic E-state index is 0.0299. The Hall–Kier alpha value is -0.903. The smallest absolute Gasteiger partial charge is 0.146 e. The Morgan fingerprint density at radius 3 is 1.57 bits per heavy atom. The molecule has 112 valence electrons. The summed E-state index contributed by atoms with van der Waals surface area (Å²) in [5.41, 5.74) is 2.75. The molecule has 0 heterocycles. The van der Waals surface area contributed by atoms with E-state index in [0.29, 0.717) is 0 Å². The van der Waals surface area contributed by atoms with E-state index < -0.39 is 0 Å². The van der Waals surface area contributed by atoms with Crippen molar-refractivity contribution in [3.05, 3.63) is 71.8 Å². The molecule has 0 aliphatic carbocycles. The number of aryl methyl sites for hydroxylation is 2.